The average Bonchev–Trinajstić information content (AvgIpc) is 2.65. The summed E-state index contributed by atoms with van der Waals surface area (Å²) in [6, 6.07) is 0. The largest absolute Gasteiger partial charge is 0.469 e. The second-order valence-electron chi connectivity index (χ2n) is 10.3. The van der Waals surface area contributed by atoms with Crippen LogP contribution in [0.15, 0.2) is 0 Å². The van der Waals surface area contributed by atoms with Gasteiger partial charge in [-0.25, -0.2) is 0 Å². The third-order valence-corrected chi connectivity index (χ3v) is 11.1. The quantitative estimate of drug-likeness (QED) is 0.125. The summed E-state index contributed by atoms with van der Waals surface area (Å²) < 4.78 is 11.3. The maximum absolute atomic E-state index is 11.0. The fourth-order valence-electron chi connectivity index (χ4n) is 3.45. The van der Waals surface area contributed by atoms with Crippen molar-refractivity contribution in [3.63, 3.8) is 0 Å². The molecule has 4 heteroatoms. The predicted molar refractivity (Wildman–Crippen MR) is 129 cm³/mol. The van der Waals surface area contributed by atoms with Crippen LogP contribution in [0.1, 0.15) is 124 Å². The lowest BCUT2D eigenvalue weighted by molar-refractivity contribution is -0.140. The minimum atomic E-state index is -1.62. The van der Waals surface area contributed by atoms with Crippen LogP contribution >= 0.6 is 0 Å². The number of hydrogen-bond acceptors (Lipinski definition) is 3. The molecule has 1 unspecified atom stereocenters. The van der Waals surface area contributed by atoms with E-state index in [9.17, 15) is 4.79 Å². The molecule has 29 heavy (non-hydrogen) atoms. The highest BCUT2D eigenvalue weighted by atomic mass is 28.4. The molecule has 0 saturated heterocycles. The van der Waals surface area contributed by atoms with Crippen molar-refractivity contribution in [2.45, 2.75) is 148 Å². The standard InChI is InChI=1S/C25H52O3Si/c1-8-23(28-29(6,7)25(2,3)4)21-19-17-15-13-11-9-10-12-14-16-18-20-22-24(26)27-5/h23H,8-22H2,1-7H3. The van der Waals surface area contributed by atoms with Crippen LogP contribution in [0.3, 0.4) is 0 Å². The summed E-state index contributed by atoms with van der Waals surface area (Å²) in [4.78, 5) is 11.0. The van der Waals surface area contributed by atoms with E-state index >= 15 is 0 Å². The Bertz CT molecular complexity index is 401. The van der Waals surface area contributed by atoms with E-state index in [0.717, 1.165) is 19.3 Å². The van der Waals surface area contributed by atoms with Crippen molar-refractivity contribution in [2.75, 3.05) is 7.11 Å². The van der Waals surface area contributed by atoms with Crippen LogP contribution in [-0.4, -0.2) is 27.5 Å². The summed E-state index contributed by atoms with van der Waals surface area (Å²) in [6.07, 6.45) is 19.1. The lowest BCUT2D eigenvalue weighted by atomic mass is 10.0. The molecule has 0 aromatic heterocycles. The Hall–Kier alpha value is -0.353. The Morgan fingerprint density at radius 2 is 1.21 bits per heavy atom. The highest BCUT2D eigenvalue weighted by Crippen LogP contribution is 2.38. The maximum Gasteiger partial charge on any atom is 0.305 e. The molecule has 0 N–H and O–H groups in total. The third kappa shape index (κ3) is 15.1. The molecule has 0 aromatic carbocycles. The van der Waals surface area contributed by atoms with E-state index in [1.54, 1.807) is 0 Å². The van der Waals surface area contributed by atoms with Gasteiger partial charge in [0, 0.05) is 12.5 Å². The molecule has 0 aromatic rings. The number of rotatable bonds is 18. The van der Waals surface area contributed by atoms with Crippen molar-refractivity contribution in [2.24, 2.45) is 0 Å². The Kier molecular flexibility index (Phi) is 16.2. The highest BCUT2D eigenvalue weighted by molar-refractivity contribution is 6.74. The molecule has 0 aliphatic heterocycles. The molecular formula is C25H52O3Si. The van der Waals surface area contributed by atoms with Gasteiger partial charge in [-0.2, -0.15) is 0 Å². The number of carbonyl (C=O) groups is 1. The van der Waals surface area contributed by atoms with Crippen molar-refractivity contribution >= 4 is 14.3 Å². The zero-order valence-corrected chi connectivity index (χ0v) is 21.9. The van der Waals surface area contributed by atoms with Gasteiger partial charge < -0.3 is 9.16 Å². The molecule has 1 atom stereocenters. The van der Waals surface area contributed by atoms with Crippen molar-refractivity contribution in [3.8, 4) is 0 Å². The van der Waals surface area contributed by atoms with Gasteiger partial charge in [0.05, 0.1) is 7.11 Å². The Balaban J connectivity index is 3.51. The lowest BCUT2D eigenvalue weighted by Gasteiger charge is -2.39. The van der Waals surface area contributed by atoms with E-state index in [0.29, 0.717) is 17.6 Å². The zero-order chi connectivity index (χ0) is 22.2. The molecule has 0 bridgehead atoms. The topological polar surface area (TPSA) is 35.5 Å². The maximum atomic E-state index is 11.0. The van der Waals surface area contributed by atoms with Gasteiger partial charge in [-0.05, 0) is 37.4 Å². The van der Waals surface area contributed by atoms with E-state index < -0.39 is 8.32 Å². The molecule has 0 heterocycles. The molecule has 0 spiro atoms. The summed E-state index contributed by atoms with van der Waals surface area (Å²) in [5.74, 6) is -0.0710. The summed E-state index contributed by atoms with van der Waals surface area (Å²) in [7, 11) is -0.154. The van der Waals surface area contributed by atoms with E-state index in [1.165, 1.54) is 77.7 Å². The fourth-order valence-corrected chi connectivity index (χ4v) is 4.92. The first-order chi connectivity index (χ1) is 13.6. The molecule has 0 rings (SSSR count). The second-order valence-corrected chi connectivity index (χ2v) is 15.0. The molecule has 0 amide bonds. The van der Waals surface area contributed by atoms with Gasteiger partial charge in [-0.1, -0.05) is 98.3 Å². The van der Waals surface area contributed by atoms with Crippen molar-refractivity contribution in [1.29, 1.82) is 0 Å². The van der Waals surface area contributed by atoms with Crippen molar-refractivity contribution in [3.05, 3.63) is 0 Å². The first kappa shape index (κ1) is 28.6. The number of carbonyl (C=O) groups excluding carboxylic acids is 1. The van der Waals surface area contributed by atoms with Crippen molar-refractivity contribution in [1.82, 2.24) is 0 Å². The second kappa shape index (κ2) is 16.4. The first-order valence-corrected chi connectivity index (χ1v) is 15.3. The minimum Gasteiger partial charge on any atom is -0.469 e. The van der Waals surface area contributed by atoms with Gasteiger partial charge in [-0.3, -0.25) is 4.79 Å². The Morgan fingerprint density at radius 3 is 1.59 bits per heavy atom. The summed E-state index contributed by atoms with van der Waals surface area (Å²) in [5, 5.41) is 0.309. The van der Waals surface area contributed by atoms with Gasteiger partial charge in [0.2, 0.25) is 0 Å². The minimum absolute atomic E-state index is 0.0710. The van der Waals surface area contributed by atoms with Gasteiger partial charge in [0.1, 0.15) is 0 Å². The molecule has 3 nitrogen and oxygen atoms in total. The number of esters is 1. The van der Waals surface area contributed by atoms with Gasteiger partial charge in [0.25, 0.3) is 0 Å². The van der Waals surface area contributed by atoms with E-state index in [1.807, 2.05) is 0 Å². The molecule has 0 fully saturated rings. The number of hydrogen-bond donors (Lipinski definition) is 0. The predicted octanol–water partition coefficient (Wildman–Crippen LogP) is 8.42. The molecule has 0 saturated carbocycles. The van der Waals surface area contributed by atoms with E-state index in [-0.39, 0.29) is 5.97 Å². The highest BCUT2D eigenvalue weighted by Gasteiger charge is 2.38. The van der Waals surface area contributed by atoms with E-state index in [2.05, 4.69) is 45.5 Å². The van der Waals surface area contributed by atoms with Crippen LogP contribution in [-0.2, 0) is 14.0 Å². The van der Waals surface area contributed by atoms with Crippen molar-refractivity contribution < 1.29 is 14.0 Å². The Labute approximate surface area is 183 Å². The third-order valence-electron chi connectivity index (χ3n) is 6.61. The van der Waals surface area contributed by atoms with Crippen LogP contribution in [0.4, 0.5) is 0 Å². The fraction of sp³-hybridized carbons (Fsp3) is 0.960. The smallest absolute Gasteiger partial charge is 0.305 e. The normalized spacial score (nSPS) is 13.5. The monoisotopic (exact) mass is 428 g/mol. The van der Waals surface area contributed by atoms with E-state index in [4.69, 9.17) is 4.43 Å². The van der Waals surface area contributed by atoms with Crippen LogP contribution in [0.5, 0.6) is 0 Å². The Morgan fingerprint density at radius 1 is 0.793 bits per heavy atom. The number of ether oxygens (including phenoxy) is 1. The molecule has 174 valence electrons. The summed E-state index contributed by atoms with van der Waals surface area (Å²) in [5.41, 5.74) is 0. The number of unbranched alkanes of at least 4 members (excludes halogenated alkanes) is 11. The van der Waals surface area contributed by atoms with Crippen LogP contribution in [0, 0.1) is 0 Å². The molecule has 0 aliphatic rings. The summed E-state index contributed by atoms with van der Waals surface area (Å²) in [6.45, 7) is 14.0. The SMILES string of the molecule is CCC(CCCCCCCCCCCCCCC(=O)OC)O[Si](C)(C)C(C)(C)C. The van der Waals surface area contributed by atoms with Gasteiger partial charge >= 0.3 is 5.97 Å². The number of methoxy groups -OCH3 is 1. The zero-order valence-electron chi connectivity index (χ0n) is 20.9. The van der Waals surface area contributed by atoms with Crippen LogP contribution in [0.25, 0.3) is 0 Å². The van der Waals surface area contributed by atoms with Gasteiger partial charge in [-0.15, -0.1) is 0 Å². The average molecular weight is 429 g/mol. The molecular weight excluding hydrogens is 376 g/mol. The molecule has 0 radical (unpaired) electrons. The van der Waals surface area contributed by atoms with Crippen LogP contribution in [0.2, 0.25) is 18.1 Å². The first-order valence-electron chi connectivity index (χ1n) is 12.4. The molecule has 0 aliphatic carbocycles. The summed E-state index contributed by atoms with van der Waals surface area (Å²) >= 11 is 0. The van der Waals surface area contributed by atoms with Crippen LogP contribution < -0.4 is 0 Å². The lowest BCUT2D eigenvalue weighted by Crippen LogP contribution is -2.43. The van der Waals surface area contributed by atoms with Gasteiger partial charge in [0.15, 0.2) is 8.32 Å².